The number of hydrogen-bond donors (Lipinski definition) is 1. The molecule has 5 nitrogen and oxygen atoms in total. The number of halogens is 4. The number of alkyl halides is 3. The van der Waals surface area contributed by atoms with Crippen LogP contribution in [0, 0.1) is 5.82 Å². The maximum Gasteiger partial charge on any atom is 0.432 e. The van der Waals surface area contributed by atoms with Gasteiger partial charge >= 0.3 is 12.1 Å². The van der Waals surface area contributed by atoms with Gasteiger partial charge in [-0.15, -0.1) is 0 Å². The van der Waals surface area contributed by atoms with Crippen LogP contribution in [0.15, 0.2) is 48.5 Å². The van der Waals surface area contributed by atoms with Crippen molar-refractivity contribution in [3.05, 3.63) is 65.5 Å². The fraction of sp³-hybridized carbons (Fsp3) is 0.263. The molecule has 0 spiro atoms. The van der Waals surface area contributed by atoms with Crippen molar-refractivity contribution in [2.45, 2.75) is 18.7 Å². The van der Waals surface area contributed by atoms with Crippen molar-refractivity contribution in [3.8, 4) is 0 Å². The molecular formula is C19H17F4NO4. The molecule has 1 N–H and O–H groups in total. The van der Waals surface area contributed by atoms with Crippen molar-refractivity contribution >= 4 is 17.6 Å². The van der Waals surface area contributed by atoms with Crippen molar-refractivity contribution in [1.82, 2.24) is 0 Å². The molecule has 0 saturated carbocycles. The Morgan fingerprint density at radius 2 is 1.57 bits per heavy atom. The van der Waals surface area contributed by atoms with Gasteiger partial charge in [0.05, 0.1) is 7.11 Å². The standard InChI is InChI=1S/C19H17F4NO4/c1-3-24(16(25)12-4-8-14(20)9-5-12)15-10-6-13(7-11-15)18(27,17(26)28-2)19(21,22)23/h4-11,27H,3H2,1-2H3/t18-/m0/s1. The van der Waals surface area contributed by atoms with E-state index in [0.29, 0.717) is 0 Å². The van der Waals surface area contributed by atoms with E-state index in [1.54, 1.807) is 6.92 Å². The van der Waals surface area contributed by atoms with Crippen LogP contribution in [-0.4, -0.2) is 36.8 Å². The van der Waals surface area contributed by atoms with Gasteiger partial charge in [0.15, 0.2) is 0 Å². The number of hydrogen-bond acceptors (Lipinski definition) is 4. The Bertz CT molecular complexity index is 850. The zero-order valence-electron chi connectivity index (χ0n) is 15.0. The Hall–Kier alpha value is -2.94. The number of carbonyl (C=O) groups is 2. The predicted molar refractivity (Wildman–Crippen MR) is 92.2 cm³/mol. The van der Waals surface area contributed by atoms with E-state index in [-0.39, 0.29) is 17.8 Å². The van der Waals surface area contributed by atoms with Crippen LogP contribution in [-0.2, 0) is 15.1 Å². The molecule has 2 aromatic rings. The molecular weight excluding hydrogens is 382 g/mol. The minimum Gasteiger partial charge on any atom is -0.466 e. The SMILES string of the molecule is CCN(C(=O)c1ccc(F)cc1)c1ccc([C@](O)(C(=O)OC)C(F)(F)F)cc1. The molecule has 1 amide bonds. The summed E-state index contributed by atoms with van der Waals surface area (Å²) in [6, 6.07) is 8.91. The summed E-state index contributed by atoms with van der Waals surface area (Å²) in [5, 5.41) is 9.97. The second kappa shape index (κ2) is 7.97. The van der Waals surface area contributed by atoms with Crippen molar-refractivity contribution < 1.29 is 37.0 Å². The maximum atomic E-state index is 13.3. The minimum absolute atomic E-state index is 0.177. The fourth-order valence-electron chi connectivity index (χ4n) is 2.62. The summed E-state index contributed by atoms with van der Waals surface area (Å²) in [6.45, 7) is 1.83. The van der Waals surface area contributed by atoms with E-state index in [1.165, 1.54) is 29.2 Å². The van der Waals surface area contributed by atoms with Crippen LogP contribution in [0.25, 0.3) is 0 Å². The number of benzene rings is 2. The largest absolute Gasteiger partial charge is 0.466 e. The molecule has 0 aliphatic carbocycles. The van der Waals surface area contributed by atoms with Crippen LogP contribution in [0.1, 0.15) is 22.8 Å². The van der Waals surface area contributed by atoms with E-state index >= 15 is 0 Å². The van der Waals surface area contributed by atoms with Gasteiger partial charge in [-0.3, -0.25) is 4.79 Å². The highest BCUT2D eigenvalue weighted by atomic mass is 19.4. The topological polar surface area (TPSA) is 66.8 Å². The molecule has 0 aromatic heterocycles. The van der Waals surface area contributed by atoms with Gasteiger partial charge in [0.25, 0.3) is 11.5 Å². The van der Waals surface area contributed by atoms with E-state index in [2.05, 4.69) is 4.74 Å². The van der Waals surface area contributed by atoms with Gasteiger partial charge in [-0.2, -0.15) is 13.2 Å². The molecule has 0 heterocycles. The smallest absolute Gasteiger partial charge is 0.432 e. The average molecular weight is 399 g/mol. The number of rotatable bonds is 5. The summed E-state index contributed by atoms with van der Waals surface area (Å²) in [5.74, 6) is -2.88. The normalized spacial score (nSPS) is 13.5. The van der Waals surface area contributed by atoms with Gasteiger partial charge in [0, 0.05) is 23.4 Å². The first-order valence-corrected chi connectivity index (χ1v) is 8.11. The highest BCUT2D eigenvalue weighted by molar-refractivity contribution is 6.06. The average Bonchev–Trinajstić information content (AvgIpc) is 2.67. The molecule has 2 aromatic carbocycles. The van der Waals surface area contributed by atoms with Crippen molar-refractivity contribution in [2.24, 2.45) is 0 Å². The van der Waals surface area contributed by atoms with E-state index in [0.717, 1.165) is 31.4 Å². The molecule has 9 heteroatoms. The van der Waals surface area contributed by atoms with Crippen LogP contribution in [0.3, 0.4) is 0 Å². The molecule has 0 saturated heterocycles. The summed E-state index contributed by atoms with van der Waals surface area (Å²) in [4.78, 5) is 25.4. The van der Waals surface area contributed by atoms with Crippen LogP contribution in [0.5, 0.6) is 0 Å². The molecule has 0 unspecified atom stereocenters. The molecule has 2 rings (SSSR count). The molecule has 0 fully saturated rings. The van der Waals surface area contributed by atoms with E-state index in [1.807, 2.05) is 0 Å². The van der Waals surface area contributed by atoms with Crippen molar-refractivity contribution in [1.29, 1.82) is 0 Å². The second-order valence-corrected chi connectivity index (χ2v) is 5.80. The number of carbonyl (C=O) groups excluding carboxylic acids is 2. The van der Waals surface area contributed by atoms with Gasteiger partial charge in [-0.25, -0.2) is 9.18 Å². The minimum atomic E-state index is -5.31. The van der Waals surface area contributed by atoms with E-state index in [4.69, 9.17) is 0 Å². The molecule has 150 valence electrons. The number of methoxy groups -OCH3 is 1. The van der Waals surface area contributed by atoms with E-state index in [9.17, 15) is 32.3 Å². The third kappa shape index (κ3) is 3.84. The molecule has 28 heavy (non-hydrogen) atoms. The Morgan fingerprint density at radius 3 is 2.00 bits per heavy atom. The molecule has 0 radical (unpaired) electrons. The molecule has 0 bridgehead atoms. The van der Waals surface area contributed by atoms with Crippen LogP contribution >= 0.6 is 0 Å². The Labute approximate surface area is 158 Å². The molecule has 0 aliphatic rings. The lowest BCUT2D eigenvalue weighted by atomic mass is 9.93. The first-order chi connectivity index (χ1) is 13.1. The summed E-state index contributed by atoms with van der Waals surface area (Å²) in [6.07, 6.45) is -5.31. The molecule has 0 aliphatic heterocycles. The maximum absolute atomic E-state index is 13.3. The van der Waals surface area contributed by atoms with Crippen molar-refractivity contribution in [2.75, 3.05) is 18.6 Å². The summed E-state index contributed by atoms with van der Waals surface area (Å²) >= 11 is 0. The Balaban J connectivity index is 2.39. The number of nitrogens with zero attached hydrogens (tertiary/aromatic N) is 1. The lowest BCUT2D eigenvalue weighted by Crippen LogP contribution is -2.49. The van der Waals surface area contributed by atoms with Gasteiger partial charge in [-0.05, 0) is 43.3 Å². The van der Waals surface area contributed by atoms with E-state index < -0.39 is 35.0 Å². The van der Waals surface area contributed by atoms with Gasteiger partial charge in [-0.1, -0.05) is 12.1 Å². The lowest BCUT2D eigenvalue weighted by molar-refractivity contribution is -0.266. The fourth-order valence-corrected chi connectivity index (χ4v) is 2.62. The monoisotopic (exact) mass is 399 g/mol. The number of esters is 1. The Kier molecular flexibility index (Phi) is 6.08. The van der Waals surface area contributed by atoms with Crippen LogP contribution in [0.4, 0.5) is 23.2 Å². The summed E-state index contributed by atoms with van der Waals surface area (Å²) in [5.41, 5.74) is -4.16. The second-order valence-electron chi connectivity index (χ2n) is 5.80. The Morgan fingerprint density at radius 1 is 1.04 bits per heavy atom. The summed E-state index contributed by atoms with van der Waals surface area (Å²) < 4.78 is 57.0. The number of aliphatic hydroxyl groups is 1. The lowest BCUT2D eigenvalue weighted by Gasteiger charge is -2.28. The zero-order chi connectivity index (χ0) is 21.1. The number of amides is 1. The first kappa shape index (κ1) is 21.4. The predicted octanol–water partition coefficient (Wildman–Crippen LogP) is 3.42. The first-order valence-electron chi connectivity index (χ1n) is 8.11. The number of anilines is 1. The summed E-state index contributed by atoms with van der Waals surface area (Å²) in [7, 11) is 0.730. The quantitative estimate of drug-likeness (QED) is 0.618. The third-order valence-corrected chi connectivity index (χ3v) is 4.14. The highest BCUT2D eigenvalue weighted by Crippen LogP contribution is 2.40. The highest BCUT2D eigenvalue weighted by Gasteiger charge is 2.62. The third-order valence-electron chi connectivity index (χ3n) is 4.14. The molecule has 1 atom stereocenters. The van der Waals surface area contributed by atoms with Gasteiger partial charge in [0.2, 0.25) is 0 Å². The van der Waals surface area contributed by atoms with Crippen LogP contribution in [0.2, 0.25) is 0 Å². The zero-order valence-corrected chi connectivity index (χ0v) is 15.0. The van der Waals surface area contributed by atoms with Crippen LogP contribution < -0.4 is 4.90 Å². The van der Waals surface area contributed by atoms with Crippen molar-refractivity contribution in [3.63, 3.8) is 0 Å². The van der Waals surface area contributed by atoms with Gasteiger partial charge < -0.3 is 14.7 Å². The number of ether oxygens (including phenoxy) is 1. The van der Waals surface area contributed by atoms with Gasteiger partial charge in [0.1, 0.15) is 5.82 Å².